The summed E-state index contributed by atoms with van der Waals surface area (Å²) in [7, 11) is 1.64. The second kappa shape index (κ2) is 3.08. The zero-order valence-corrected chi connectivity index (χ0v) is 6.50. The van der Waals surface area contributed by atoms with Crippen LogP contribution in [-0.2, 0) is 0 Å². The van der Waals surface area contributed by atoms with Crippen molar-refractivity contribution in [1.82, 2.24) is 10.6 Å². The van der Waals surface area contributed by atoms with Crippen LogP contribution in [0.1, 0.15) is 1.43 Å². The van der Waals surface area contributed by atoms with E-state index in [1.807, 2.05) is 0 Å². The molecule has 0 saturated carbocycles. The lowest BCUT2D eigenvalue weighted by Gasteiger charge is -2.18. The van der Waals surface area contributed by atoms with E-state index in [9.17, 15) is 13.2 Å². The number of alkyl halides is 3. The molecule has 1 aliphatic rings. The van der Waals surface area contributed by atoms with Gasteiger partial charge >= 0.3 is 6.18 Å². The lowest BCUT2D eigenvalue weighted by atomic mass is 10.2. The van der Waals surface area contributed by atoms with E-state index in [2.05, 4.69) is 10.6 Å². The van der Waals surface area contributed by atoms with Crippen molar-refractivity contribution in [3.63, 3.8) is 0 Å². The van der Waals surface area contributed by atoms with E-state index < -0.39 is 11.7 Å². The zero-order chi connectivity index (χ0) is 9.19. The van der Waals surface area contributed by atoms with Crippen LogP contribution in [-0.4, -0.2) is 19.8 Å². The molecule has 1 aliphatic heterocycles. The highest BCUT2D eigenvalue weighted by Gasteiger charge is 2.33. The predicted molar refractivity (Wildman–Crippen MR) is 41.4 cm³/mol. The Hall–Kier alpha value is -1.13. The molecule has 0 atom stereocenters. The molecule has 2 nitrogen and oxygen atoms in total. The van der Waals surface area contributed by atoms with Crippen LogP contribution in [0.25, 0.3) is 0 Å². The molecule has 0 amide bonds. The normalized spacial score (nSPS) is 17.7. The van der Waals surface area contributed by atoms with Crippen molar-refractivity contribution in [2.75, 3.05) is 13.6 Å². The molecule has 0 unspecified atom stereocenters. The average molecular weight is 180 g/mol. The largest absolute Gasteiger partial charge is 0.414 e. The average Bonchev–Trinajstić information content (AvgIpc) is 2.03. The Labute approximate surface area is 69.6 Å². The molecule has 12 heavy (non-hydrogen) atoms. The van der Waals surface area contributed by atoms with Gasteiger partial charge in [0.2, 0.25) is 0 Å². The van der Waals surface area contributed by atoms with Crippen LogP contribution >= 0.6 is 0 Å². The molecule has 0 aromatic rings. The summed E-state index contributed by atoms with van der Waals surface area (Å²) in [4.78, 5) is 0. The van der Waals surface area contributed by atoms with Crippen molar-refractivity contribution in [1.29, 1.82) is 0 Å². The highest BCUT2D eigenvalue weighted by atomic mass is 19.4. The molecule has 0 bridgehead atoms. The van der Waals surface area contributed by atoms with Gasteiger partial charge in [-0.25, -0.2) is 0 Å². The number of nitrogens with one attached hydrogen (secondary N) is 2. The van der Waals surface area contributed by atoms with E-state index in [-0.39, 0.29) is 7.97 Å². The van der Waals surface area contributed by atoms with Gasteiger partial charge in [0.1, 0.15) is 0 Å². The summed E-state index contributed by atoms with van der Waals surface area (Å²) in [6.45, 7) is -0.170. The van der Waals surface area contributed by atoms with Crippen molar-refractivity contribution in [3.05, 3.63) is 23.5 Å². The van der Waals surface area contributed by atoms with Crippen LogP contribution < -0.4 is 10.6 Å². The molecule has 2 N–H and O–H groups in total. The molecule has 0 saturated heterocycles. The monoisotopic (exact) mass is 180 g/mol. The van der Waals surface area contributed by atoms with Crippen molar-refractivity contribution in [2.45, 2.75) is 6.18 Å². The van der Waals surface area contributed by atoms with Gasteiger partial charge in [-0.2, -0.15) is 13.2 Å². The fourth-order valence-electron chi connectivity index (χ4n) is 0.859. The van der Waals surface area contributed by atoms with E-state index in [4.69, 9.17) is 0 Å². The summed E-state index contributed by atoms with van der Waals surface area (Å²) in [5, 5.41) is 5.30. The molecule has 0 aromatic heterocycles. The number of hydrogen-bond acceptors (Lipinski definition) is 2. The Bertz CT molecular complexity index is 232. The molecule has 0 spiro atoms. The molecule has 70 valence electrons. The second-order valence-electron chi connectivity index (χ2n) is 2.37. The van der Waals surface area contributed by atoms with Crippen LogP contribution in [0, 0.1) is 0 Å². The number of rotatable bonds is 1. The fourth-order valence-corrected chi connectivity index (χ4v) is 0.859. The Morgan fingerprint density at radius 1 is 1.50 bits per heavy atom. The van der Waals surface area contributed by atoms with E-state index in [1.54, 1.807) is 7.05 Å². The quantitative estimate of drug-likeness (QED) is 0.637. The van der Waals surface area contributed by atoms with Gasteiger partial charge in [-0.3, -0.25) is 0 Å². The molecular weight excluding hydrogens is 169 g/mol. The van der Waals surface area contributed by atoms with Crippen molar-refractivity contribution in [3.8, 4) is 0 Å². The van der Waals surface area contributed by atoms with Crippen LogP contribution in [0.3, 0.4) is 0 Å². The molecule has 1 rings (SSSR count). The van der Waals surface area contributed by atoms with Crippen molar-refractivity contribution in [2.24, 2.45) is 0 Å². The summed E-state index contributed by atoms with van der Waals surface area (Å²) in [6.07, 6.45) is -1.78. The van der Waals surface area contributed by atoms with Gasteiger partial charge in [0.15, 0.2) is 0 Å². The minimum absolute atomic E-state index is 0. The highest BCUT2D eigenvalue weighted by molar-refractivity contribution is 5.25. The molecule has 0 aromatic carbocycles. The molecule has 5 heteroatoms. The molecule has 0 fully saturated rings. The highest BCUT2D eigenvalue weighted by Crippen LogP contribution is 2.26. The topological polar surface area (TPSA) is 24.1 Å². The Kier molecular flexibility index (Phi) is 2.30. The lowest BCUT2D eigenvalue weighted by Crippen LogP contribution is -2.31. The van der Waals surface area contributed by atoms with E-state index in [1.165, 1.54) is 6.08 Å². The second-order valence-corrected chi connectivity index (χ2v) is 2.37. The van der Waals surface area contributed by atoms with Gasteiger partial charge in [0.05, 0.1) is 11.4 Å². The van der Waals surface area contributed by atoms with Crippen molar-refractivity contribution >= 4 is 0 Å². The van der Waals surface area contributed by atoms with Gasteiger partial charge < -0.3 is 10.6 Å². The maximum absolute atomic E-state index is 12.0. The van der Waals surface area contributed by atoms with Gasteiger partial charge in [-0.1, -0.05) is 0 Å². The minimum atomic E-state index is -4.22. The summed E-state index contributed by atoms with van der Waals surface area (Å²) in [5.74, 6) is 0.600. The standard InChI is InChI=1S/C7H9F3N2.H2/c1-11-6-3-2-5(4-12-6)7(8,9)10;/h2-3,11-12H,4H2,1H3;1H. The van der Waals surface area contributed by atoms with Crippen LogP contribution in [0.5, 0.6) is 0 Å². The van der Waals surface area contributed by atoms with E-state index in [0.717, 1.165) is 6.08 Å². The summed E-state index contributed by atoms with van der Waals surface area (Å²) in [6, 6.07) is 0. The maximum atomic E-state index is 12.0. The first-order chi connectivity index (χ1) is 5.54. The Morgan fingerprint density at radius 3 is 2.50 bits per heavy atom. The zero-order valence-electron chi connectivity index (χ0n) is 6.50. The summed E-state index contributed by atoms with van der Waals surface area (Å²) < 4.78 is 36.0. The number of hydrogen-bond donors (Lipinski definition) is 2. The van der Waals surface area contributed by atoms with E-state index >= 15 is 0 Å². The van der Waals surface area contributed by atoms with Gasteiger partial charge in [0.25, 0.3) is 0 Å². The first kappa shape index (κ1) is 8.96. The minimum Gasteiger partial charge on any atom is -0.375 e. The molecule has 0 radical (unpaired) electrons. The fraction of sp³-hybridized carbons (Fsp3) is 0.429. The smallest absolute Gasteiger partial charge is 0.375 e. The van der Waals surface area contributed by atoms with E-state index in [0.29, 0.717) is 5.82 Å². The third-order valence-corrected chi connectivity index (χ3v) is 1.55. The van der Waals surface area contributed by atoms with Crippen molar-refractivity contribution < 1.29 is 14.6 Å². The molecular formula is C7H11F3N2. The van der Waals surface area contributed by atoms with Gasteiger partial charge in [-0.15, -0.1) is 0 Å². The number of halogens is 3. The lowest BCUT2D eigenvalue weighted by molar-refractivity contribution is -0.0929. The first-order valence-corrected chi connectivity index (χ1v) is 3.43. The maximum Gasteiger partial charge on any atom is 0.414 e. The van der Waals surface area contributed by atoms with Crippen LogP contribution in [0.15, 0.2) is 23.5 Å². The van der Waals surface area contributed by atoms with Crippen LogP contribution in [0.4, 0.5) is 13.2 Å². The predicted octanol–water partition coefficient (Wildman–Crippen LogP) is 1.39. The summed E-state index contributed by atoms with van der Waals surface area (Å²) >= 11 is 0. The Balaban J connectivity index is 0.00000144. The Morgan fingerprint density at radius 2 is 2.17 bits per heavy atom. The molecule has 1 heterocycles. The third-order valence-electron chi connectivity index (χ3n) is 1.55. The van der Waals surface area contributed by atoms with Gasteiger partial charge in [-0.05, 0) is 12.2 Å². The van der Waals surface area contributed by atoms with Gasteiger partial charge in [0, 0.05) is 15.0 Å². The number of dihydropyridines is 1. The first-order valence-electron chi connectivity index (χ1n) is 3.43. The SMILES string of the molecule is CNC1=CC=C(C(F)(F)F)CN1.[HH]. The molecule has 0 aliphatic carbocycles. The van der Waals surface area contributed by atoms with Crippen LogP contribution in [0.2, 0.25) is 0 Å². The third kappa shape index (κ3) is 1.93. The summed E-state index contributed by atoms with van der Waals surface area (Å²) in [5.41, 5.74) is -0.554. The number of allylic oxidation sites excluding steroid dienone is 2.